The summed E-state index contributed by atoms with van der Waals surface area (Å²) < 4.78 is 12.2. The van der Waals surface area contributed by atoms with Crippen LogP contribution in [0.2, 0.25) is 0 Å². The Labute approximate surface area is 177 Å². The van der Waals surface area contributed by atoms with Crippen LogP contribution in [0.5, 0.6) is 0 Å². The van der Waals surface area contributed by atoms with Crippen molar-refractivity contribution in [3.8, 4) is 0 Å². The van der Waals surface area contributed by atoms with Crippen molar-refractivity contribution in [2.75, 3.05) is 0 Å². The highest BCUT2D eigenvalue weighted by molar-refractivity contribution is 6.62. The molecule has 0 amide bonds. The van der Waals surface area contributed by atoms with Gasteiger partial charge in [-0.25, -0.2) is 0 Å². The molecule has 1 aliphatic heterocycles. The van der Waals surface area contributed by atoms with Crippen LogP contribution in [-0.4, -0.2) is 34.3 Å². The van der Waals surface area contributed by atoms with Crippen LogP contribution in [0.25, 0.3) is 0 Å². The zero-order chi connectivity index (χ0) is 21.2. The number of alkyl halides is 1. The third kappa shape index (κ3) is 2.78. The molecule has 4 rings (SSSR count). The minimum atomic E-state index is -1.37. The van der Waals surface area contributed by atoms with Crippen LogP contribution >= 0.6 is 11.6 Å². The van der Waals surface area contributed by atoms with Gasteiger partial charge in [0.05, 0.1) is 11.2 Å². The van der Waals surface area contributed by atoms with Gasteiger partial charge in [0.15, 0.2) is 4.87 Å². The van der Waals surface area contributed by atoms with E-state index in [1.54, 1.807) is 0 Å². The Balaban J connectivity index is 1.65. The Hall–Kier alpha value is -1.82. The molecule has 1 N–H and O–H groups in total. The maximum Gasteiger partial charge on any atom is 0.494 e. The number of aliphatic carboxylic acids is 1. The molecule has 0 aromatic heterocycles. The Morgan fingerprint density at radius 2 is 1.45 bits per heavy atom. The van der Waals surface area contributed by atoms with Crippen LogP contribution in [0, 0.1) is 0 Å². The van der Waals surface area contributed by atoms with E-state index in [1.807, 2.05) is 89.2 Å². The SMILES string of the molecule is CC1(C)OB(c2ccc([C@@H]3[C@@](Cl)(C(=O)O)[C@]3(C)c3ccccc3)cc2)OC1(C)C. The van der Waals surface area contributed by atoms with E-state index in [-0.39, 0.29) is 5.92 Å². The van der Waals surface area contributed by atoms with Gasteiger partial charge in [-0.15, -0.1) is 11.6 Å². The monoisotopic (exact) mass is 412 g/mol. The highest BCUT2D eigenvalue weighted by Crippen LogP contribution is 2.72. The number of carbonyl (C=O) groups is 1. The van der Waals surface area contributed by atoms with Crippen molar-refractivity contribution < 1.29 is 19.2 Å². The molecule has 1 saturated carbocycles. The van der Waals surface area contributed by atoms with Crippen molar-refractivity contribution in [3.63, 3.8) is 0 Å². The predicted octanol–water partition coefficient (Wildman–Crippen LogP) is 4.10. The second-order valence-corrected chi connectivity index (χ2v) is 9.87. The molecule has 1 aliphatic carbocycles. The van der Waals surface area contributed by atoms with E-state index in [0.717, 1.165) is 16.6 Å². The molecular formula is C23H26BClO4. The molecule has 0 unspecified atom stereocenters. The van der Waals surface area contributed by atoms with Gasteiger partial charge in [0, 0.05) is 11.3 Å². The standard InChI is InChI=1S/C23H26BClO4/c1-20(2)21(3,4)29-24(28-20)17-13-11-15(12-14-17)18-22(5,23(18,25)19(26)27)16-9-7-6-8-10-16/h6-14,18H,1-5H3,(H,26,27)/t18-,22+,23+/m0/s1. The van der Waals surface area contributed by atoms with Gasteiger partial charge < -0.3 is 14.4 Å². The van der Waals surface area contributed by atoms with Crippen molar-refractivity contribution in [1.29, 1.82) is 0 Å². The van der Waals surface area contributed by atoms with E-state index < -0.39 is 34.6 Å². The highest BCUT2D eigenvalue weighted by atomic mass is 35.5. The summed E-state index contributed by atoms with van der Waals surface area (Å²) in [6, 6.07) is 17.4. The molecule has 6 heteroatoms. The van der Waals surface area contributed by atoms with Crippen molar-refractivity contribution in [2.24, 2.45) is 0 Å². The summed E-state index contributed by atoms with van der Waals surface area (Å²) in [5, 5.41) is 9.91. The molecule has 0 radical (unpaired) electrons. The number of carboxylic acid groups (broad SMARTS) is 1. The lowest BCUT2D eigenvalue weighted by Crippen LogP contribution is -2.41. The van der Waals surface area contributed by atoms with Crippen LogP contribution in [0.4, 0.5) is 0 Å². The van der Waals surface area contributed by atoms with Crippen molar-refractivity contribution in [1.82, 2.24) is 0 Å². The molecule has 152 valence electrons. The quantitative estimate of drug-likeness (QED) is 0.607. The summed E-state index contributed by atoms with van der Waals surface area (Å²) in [6.45, 7) is 10.0. The molecule has 29 heavy (non-hydrogen) atoms. The lowest BCUT2D eigenvalue weighted by atomic mass is 9.78. The summed E-state index contributed by atoms with van der Waals surface area (Å²) in [4.78, 5) is 10.7. The van der Waals surface area contributed by atoms with Crippen LogP contribution in [0.3, 0.4) is 0 Å². The fraction of sp³-hybridized carbons (Fsp3) is 0.435. The Bertz CT molecular complexity index is 927. The van der Waals surface area contributed by atoms with Gasteiger partial charge in [0.2, 0.25) is 0 Å². The first-order valence-electron chi connectivity index (χ1n) is 9.88. The van der Waals surface area contributed by atoms with Gasteiger partial charge >= 0.3 is 13.1 Å². The molecule has 3 atom stereocenters. The second kappa shape index (κ2) is 6.34. The zero-order valence-electron chi connectivity index (χ0n) is 17.4. The van der Waals surface area contributed by atoms with E-state index in [1.165, 1.54) is 0 Å². The van der Waals surface area contributed by atoms with E-state index in [2.05, 4.69) is 0 Å². The average molecular weight is 413 g/mol. The molecule has 0 bridgehead atoms. The van der Waals surface area contributed by atoms with Crippen LogP contribution < -0.4 is 5.46 Å². The van der Waals surface area contributed by atoms with Gasteiger partial charge in [0.1, 0.15) is 0 Å². The number of hydrogen-bond acceptors (Lipinski definition) is 3. The molecule has 1 saturated heterocycles. The third-order valence-corrected chi connectivity index (χ3v) is 7.90. The molecule has 2 aromatic carbocycles. The highest BCUT2D eigenvalue weighted by Gasteiger charge is 2.79. The number of hydrogen-bond donors (Lipinski definition) is 1. The Morgan fingerprint density at radius 1 is 0.931 bits per heavy atom. The van der Waals surface area contributed by atoms with E-state index in [4.69, 9.17) is 20.9 Å². The number of rotatable bonds is 4. The minimum absolute atomic E-state index is 0.330. The largest absolute Gasteiger partial charge is 0.494 e. The van der Waals surface area contributed by atoms with Gasteiger partial charge in [-0.1, -0.05) is 61.5 Å². The minimum Gasteiger partial charge on any atom is -0.480 e. The topological polar surface area (TPSA) is 55.8 Å². The summed E-state index contributed by atoms with van der Waals surface area (Å²) in [7, 11) is -0.450. The Morgan fingerprint density at radius 3 is 1.93 bits per heavy atom. The molecule has 2 fully saturated rings. The van der Waals surface area contributed by atoms with Gasteiger partial charge in [0.25, 0.3) is 0 Å². The molecule has 2 aliphatic rings. The van der Waals surface area contributed by atoms with E-state index in [0.29, 0.717) is 0 Å². The van der Waals surface area contributed by atoms with E-state index in [9.17, 15) is 9.90 Å². The fourth-order valence-corrected chi connectivity index (χ4v) is 4.98. The Kier molecular flexibility index (Phi) is 4.47. The first-order chi connectivity index (χ1) is 13.4. The van der Waals surface area contributed by atoms with Crippen LogP contribution in [-0.2, 0) is 19.5 Å². The maximum atomic E-state index is 12.1. The van der Waals surface area contributed by atoms with Crippen molar-refractivity contribution in [3.05, 3.63) is 65.7 Å². The zero-order valence-corrected chi connectivity index (χ0v) is 18.2. The molecule has 1 heterocycles. The normalized spacial score (nSPS) is 32.2. The van der Waals surface area contributed by atoms with Gasteiger partial charge in [-0.2, -0.15) is 0 Å². The number of benzene rings is 2. The van der Waals surface area contributed by atoms with Crippen molar-refractivity contribution >= 4 is 30.2 Å². The summed E-state index contributed by atoms with van der Waals surface area (Å²) in [6.07, 6.45) is 0. The molecule has 0 spiro atoms. The maximum absolute atomic E-state index is 12.1. The predicted molar refractivity (Wildman–Crippen MR) is 115 cm³/mol. The lowest BCUT2D eigenvalue weighted by molar-refractivity contribution is -0.138. The average Bonchev–Trinajstić information content (AvgIpc) is 3.10. The number of carboxylic acids is 1. The molecule has 4 nitrogen and oxygen atoms in total. The summed E-state index contributed by atoms with van der Waals surface area (Å²) >= 11 is 6.71. The van der Waals surface area contributed by atoms with E-state index >= 15 is 0 Å². The lowest BCUT2D eigenvalue weighted by Gasteiger charge is -2.32. The first-order valence-corrected chi connectivity index (χ1v) is 10.3. The second-order valence-electron chi connectivity index (χ2n) is 9.27. The first kappa shape index (κ1) is 20.5. The van der Waals surface area contributed by atoms with Gasteiger partial charge in [-0.3, -0.25) is 4.79 Å². The van der Waals surface area contributed by atoms with Gasteiger partial charge in [-0.05, 0) is 44.3 Å². The third-order valence-electron chi connectivity index (χ3n) is 7.13. The van der Waals surface area contributed by atoms with Crippen LogP contribution in [0.1, 0.15) is 51.7 Å². The molecule has 2 aromatic rings. The summed E-state index contributed by atoms with van der Waals surface area (Å²) in [5.74, 6) is -1.32. The molecular weight excluding hydrogens is 387 g/mol. The van der Waals surface area contributed by atoms with Crippen LogP contribution in [0.15, 0.2) is 54.6 Å². The number of halogens is 1. The fourth-order valence-electron chi connectivity index (χ4n) is 4.47. The summed E-state index contributed by atoms with van der Waals surface area (Å²) in [5.41, 5.74) is 1.23. The smallest absolute Gasteiger partial charge is 0.480 e. The van der Waals surface area contributed by atoms with Crippen molar-refractivity contribution in [2.45, 2.75) is 62.0 Å².